The molecule has 0 saturated carbocycles. The van der Waals surface area contributed by atoms with Gasteiger partial charge in [-0.3, -0.25) is 10.1 Å². The standard InChI is InChI=1S/C15H24N2O/c1-5-6-12-7-9-13(10-8-12)11(2)17-15(3,4)14(16)18/h7-11,17H,5-6H2,1-4H3,(H2,16,18). The fourth-order valence-electron chi connectivity index (χ4n) is 1.96. The summed E-state index contributed by atoms with van der Waals surface area (Å²) in [5, 5.41) is 3.25. The maximum Gasteiger partial charge on any atom is 0.237 e. The fourth-order valence-corrected chi connectivity index (χ4v) is 1.96. The summed E-state index contributed by atoms with van der Waals surface area (Å²) < 4.78 is 0. The number of rotatable bonds is 6. The minimum absolute atomic E-state index is 0.100. The molecule has 1 amide bonds. The van der Waals surface area contributed by atoms with E-state index in [1.165, 1.54) is 11.1 Å². The number of carbonyl (C=O) groups excluding carboxylic acids is 1. The minimum atomic E-state index is -0.693. The number of benzene rings is 1. The summed E-state index contributed by atoms with van der Waals surface area (Å²) in [6.45, 7) is 7.82. The van der Waals surface area contributed by atoms with Gasteiger partial charge in [0, 0.05) is 6.04 Å². The van der Waals surface area contributed by atoms with Gasteiger partial charge in [-0.1, -0.05) is 37.6 Å². The quantitative estimate of drug-likeness (QED) is 0.813. The second-order valence-corrected chi connectivity index (χ2v) is 5.35. The summed E-state index contributed by atoms with van der Waals surface area (Å²) in [5.41, 5.74) is 7.19. The van der Waals surface area contributed by atoms with Crippen LogP contribution in [0.25, 0.3) is 0 Å². The second kappa shape index (κ2) is 6.01. The van der Waals surface area contributed by atoms with Crippen LogP contribution in [0.5, 0.6) is 0 Å². The summed E-state index contributed by atoms with van der Waals surface area (Å²) in [4.78, 5) is 11.3. The zero-order chi connectivity index (χ0) is 13.8. The predicted octanol–water partition coefficient (Wildman–Crippen LogP) is 2.55. The van der Waals surface area contributed by atoms with Crippen molar-refractivity contribution >= 4 is 5.91 Å². The van der Waals surface area contributed by atoms with Gasteiger partial charge in [-0.05, 0) is 38.3 Å². The Kier molecular flexibility index (Phi) is 4.91. The summed E-state index contributed by atoms with van der Waals surface area (Å²) in [6, 6.07) is 8.62. The van der Waals surface area contributed by atoms with Gasteiger partial charge in [0.2, 0.25) is 5.91 Å². The monoisotopic (exact) mass is 248 g/mol. The number of hydrogen-bond acceptors (Lipinski definition) is 2. The first-order chi connectivity index (χ1) is 8.36. The maximum atomic E-state index is 11.3. The van der Waals surface area contributed by atoms with Crippen molar-refractivity contribution in [3.8, 4) is 0 Å². The first-order valence-corrected chi connectivity index (χ1v) is 6.53. The van der Waals surface area contributed by atoms with Gasteiger partial charge in [0.05, 0.1) is 5.54 Å². The SMILES string of the molecule is CCCc1ccc(C(C)NC(C)(C)C(N)=O)cc1. The number of hydrogen-bond donors (Lipinski definition) is 2. The van der Waals surface area contributed by atoms with Gasteiger partial charge in [0.15, 0.2) is 0 Å². The highest BCUT2D eigenvalue weighted by molar-refractivity contribution is 5.83. The molecule has 3 nitrogen and oxygen atoms in total. The lowest BCUT2D eigenvalue weighted by atomic mass is 9.99. The number of carbonyl (C=O) groups is 1. The van der Waals surface area contributed by atoms with E-state index >= 15 is 0 Å². The molecule has 1 rings (SSSR count). The van der Waals surface area contributed by atoms with Crippen LogP contribution in [-0.2, 0) is 11.2 Å². The molecule has 0 spiro atoms. The summed E-state index contributed by atoms with van der Waals surface area (Å²) >= 11 is 0. The van der Waals surface area contributed by atoms with Crippen LogP contribution in [0, 0.1) is 0 Å². The predicted molar refractivity (Wildman–Crippen MR) is 75.3 cm³/mol. The number of aryl methyl sites for hydroxylation is 1. The Morgan fingerprint density at radius 1 is 1.33 bits per heavy atom. The molecule has 0 aliphatic rings. The Morgan fingerprint density at radius 3 is 2.33 bits per heavy atom. The van der Waals surface area contributed by atoms with Gasteiger partial charge in [0.25, 0.3) is 0 Å². The largest absolute Gasteiger partial charge is 0.368 e. The minimum Gasteiger partial charge on any atom is -0.368 e. The third-order valence-electron chi connectivity index (χ3n) is 3.21. The molecule has 0 aliphatic carbocycles. The van der Waals surface area contributed by atoms with Crippen molar-refractivity contribution in [1.82, 2.24) is 5.32 Å². The van der Waals surface area contributed by atoms with E-state index in [1.807, 2.05) is 6.92 Å². The molecular formula is C15H24N2O. The maximum absolute atomic E-state index is 11.3. The van der Waals surface area contributed by atoms with E-state index in [9.17, 15) is 4.79 Å². The molecule has 0 radical (unpaired) electrons. The summed E-state index contributed by atoms with van der Waals surface area (Å²) in [7, 11) is 0. The van der Waals surface area contributed by atoms with Crippen LogP contribution >= 0.6 is 0 Å². The molecule has 3 N–H and O–H groups in total. The third kappa shape index (κ3) is 3.84. The highest BCUT2D eigenvalue weighted by atomic mass is 16.1. The van der Waals surface area contributed by atoms with Crippen molar-refractivity contribution in [2.45, 2.75) is 52.1 Å². The molecule has 0 fully saturated rings. The molecule has 0 heterocycles. The molecule has 100 valence electrons. The van der Waals surface area contributed by atoms with E-state index in [-0.39, 0.29) is 11.9 Å². The van der Waals surface area contributed by atoms with Crippen molar-refractivity contribution in [2.24, 2.45) is 5.73 Å². The van der Waals surface area contributed by atoms with E-state index in [0.29, 0.717) is 0 Å². The van der Waals surface area contributed by atoms with Crippen LogP contribution in [0.2, 0.25) is 0 Å². The first kappa shape index (κ1) is 14.7. The Labute approximate surface area is 110 Å². The van der Waals surface area contributed by atoms with Crippen LogP contribution < -0.4 is 11.1 Å². The van der Waals surface area contributed by atoms with Gasteiger partial charge < -0.3 is 5.73 Å². The fraction of sp³-hybridized carbons (Fsp3) is 0.533. The molecule has 1 aromatic rings. The Morgan fingerprint density at radius 2 is 1.89 bits per heavy atom. The molecule has 0 bridgehead atoms. The van der Waals surface area contributed by atoms with Crippen molar-refractivity contribution in [1.29, 1.82) is 0 Å². The van der Waals surface area contributed by atoms with Crippen LogP contribution in [0.3, 0.4) is 0 Å². The summed E-state index contributed by atoms with van der Waals surface area (Å²) in [6.07, 6.45) is 2.26. The van der Waals surface area contributed by atoms with Crippen molar-refractivity contribution in [2.75, 3.05) is 0 Å². The van der Waals surface area contributed by atoms with E-state index in [1.54, 1.807) is 13.8 Å². The lowest BCUT2D eigenvalue weighted by Crippen LogP contribution is -2.51. The van der Waals surface area contributed by atoms with Crippen LogP contribution in [0.1, 0.15) is 51.3 Å². The topological polar surface area (TPSA) is 55.1 Å². The molecule has 0 aromatic heterocycles. The summed E-state index contributed by atoms with van der Waals surface area (Å²) in [5.74, 6) is -0.336. The Hall–Kier alpha value is -1.35. The Bertz CT molecular complexity index is 395. The van der Waals surface area contributed by atoms with E-state index in [0.717, 1.165) is 12.8 Å². The van der Waals surface area contributed by atoms with Crippen LogP contribution in [0.15, 0.2) is 24.3 Å². The highest BCUT2D eigenvalue weighted by Crippen LogP contribution is 2.17. The second-order valence-electron chi connectivity index (χ2n) is 5.35. The van der Waals surface area contributed by atoms with E-state index < -0.39 is 5.54 Å². The van der Waals surface area contributed by atoms with Gasteiger partial charge >= 0.3 is 0 Å². The number of nitrogens with one attached hydrogen (secondary N) is 1. The zero-order valence-corrected chi connectivity index (χ0v) is 11.8. The molecule has 1 atom stereocenters. The first-order valence-electron chi connectivity index (χ1n) is 6.53. The molecule has 0 saturated heterocycles. The molecule has 3 heteroatoms. The zero-order valence-electron chi connectivity index (χ0n) is 11.8. The molecule has 18 heavy (non-hydrogen) atoms. The van der Waals surface area contributed by atoms with Crippen molar-refractivity contribution in [3.05, 3.63) is 35.4 Å². The van der Waals surface area contributed by atoms with Gasteiger partial charge in [-0.25, -0.2) is 0 Å². The number of amides is 1. The molecular weight excluding hydrogens is 224 g/mol. The van der Waals surface area contributed by atoms with Crippen molar-refractivity contribution < 1.29 is 4.79 Å². The van der Waals surface area contributed by atoms with E-state index in [4.69, 9.17) is 5.73 Å². The van der Waals surface area contributed by atoms with Crippen LogP contribution in [-0.4, -0.2) is 11.4 Å². The third-order valence-corrected chi connectivity index (χ3v) is 3.21. The lowest BCUT2D eigenvalue weighted by Gasteiger charge is -2.27. The smallest absolute Gasteiger partial charge is 0.237 e. The average Bonchev–Trinajstić information content (AvgIpc) is 2.29. The van der Waals surface area contributed by atoms with Crippen LogP contribution in [0.4, 0.5) is 0 Å². The average molecular weight is 248 g/mol. The van der Waals surface area contributed by atoms with Gasteiger partial charge in [-0.2, -0.15) is 0 Å². The number of nitrogens with two attached hydrogens (primary N) is 1. The molecule has 0 aliphatic heterocycles. The lowest BCUT2D eigenvalue weighted by molar-refractivity contribution is -0.123. The highest BCUT2D eigenvalue weighted by Gasteiger charge is 2.26. The van der Waals surface area contributed by atoms with Gasteiger partial charge in [-0.15, -0.1) is 0 Å². The van der Waals surface area contributed by atoms with Gasteiger partial charge in [0.1, 0.15) is 0 Å². The Balaban J connectivity index is 2.72. The number of primary amides is 1. The normalized spacial score (nSPS) is 13.3. The van der Waals surface area contributed by atoms with E-state index in [2.05, 4.69) is 36.5 Å². The molecule has 1 aromatic carbocycles. The van der Waals surface area contributed by atoms with Crippen molar-refractivity contribution in [3.63, 3.8) is 0 Å². The molecule has 1 unspecified atom stereocenters.